The molecule has 0 radical (unpaired) electrons. The van der Waals surface area contributed by atoms with Gasteiger partial charge in [-0.15, -0.1) is 11.6 Å². The molecule has 0 spiro atoms. The minimum Gasteiger partial charge on any atom is -0.383 e. The van der Waals surface area contributed by atoms with Crippen molar-refractivity contribution in [3.8, 4) is 5.75 Å². The van der Waals surface area contributed by atoms with Crippen LogP contribution < -0.4 is 4.18 Å². The van der Waals surface area contributed by atoms with Gasteiger partial charge in [-0.3, -0.25) is 4.90 Å². The highest BCUT2D eigenvalue weighted by atomic mass is 35.5. The number of nitrogens with zero attached hydrogens (tertiary/aromatic N) is 1. The van der Waals surface area contributed by atoms with Crippen LogP contribution in [0, 0.1) is 0 Å². The highest BCUT2D eigenvalue weighted by molar-refractivity contribution is 7.86. The van der Waals surface area contributed by atoms with Crippen LogP contribution in [0.3, 0.4) is 0 Å². The Labute approximate surface area is 172 Å². The van der Waals surface area contributed by atoms with Crippen LogP contribution in [0.5, 0.6) is 5.75 Å². The smallest absolute Gasteiger partial charge is 0.306 e. The minimum absolute atomic E-state index is 0.285. The average molecular weight is 420 g/mol. The number of fused-ring (bicyclic) bond motifs is 1. The summed E-state index contributed by atoms with van der Waals surface area (Å²) in [6, 6.07) is 16.9. The van der Waals surface area contributed by atoms with Gasteiger partial charge in [-0.05, 0) is 61.1 Å². The van der Waals surface area contributed by atoms with Gasteiger partial charge < -0.3 is 4.18 Å². The standard InChI is InChI=1S/C22H26ClNO3S/c1-28(25,26)27-20-12-9-18(10-13-20)22(23)17-7-5-16(6-8-17)21-14-11-19-4-2-3-15-24(19)21/h5-10,12-13,19,21-22H,2-4,11,14-15H2,1H3. The summed E-state index contributed by atoms with van der Waals surface area (Å²) in [4.78, 5) is 2.69. The lowest BCUT2D eigenvalue weighted by Gasteiger charge is -2.34. The summed E-state index contributed by atoms with van der Waals surface area (Å²) in [5, 5.41) is -0.285. The SMILES string of the molecule is CS(=O)(=O)Oc1ccc(C(Cl)c2ccc(C3CCC4CCCCN43)cc2)cc1. The van der Waals surface area contributed by atoms with Gasteiger partial charge in [0, 0.05) is 12.1 Å². The Kier molecular flexibility index (Phi) is 5.68. The molecule has 2 fully saturated rings. The summed E-state index contributed by atoms with van der Waals surface area (Å²) in [6.45, 7) is 1.22. The Balaban J connectivity index is 1.46. The van der Waals surface area contributed by atoms with E-state index in [0.717, 1.165) is 23.4 Å². The fourth-order valence-electron chi connectivity index (χ4n) is 4.56. The summed E-state index contributed by atoms with van der Waals surface area (Å²) >= 11 is 6.67. The van der Waals surface area contributed by atoms with Gasteiger partial charge in [0.15, 0.2) is 0 Å². The summed E-state index contributed by atoms with van der Waals surface area (Å²) in [7, 11) is -3.52. The first-order chi connectivity index (χ1) is 13.4. The van der Waals surface area contributed by atoms with Crippen LogP contribution in [0.1, 0.15) is 60.2 Å². The maximum absolute atomic E-state index is 11.2. The molecule has 150 valence electrons. The van der Waals surface area contributed by atoms with E-state index in [1.165, 1.54) is 44.2 Å². The molecule has 2 aliphatic heterocycles. The van der Waals surface area contributed by atoms with E-state index in [9.17, 15) is 8.42 Å². The molecule has 4 nitrogen and oxygen atoms in total. The van der Waals surface area contributed by atoms with Crippen LogP contribution in [0.15, 0.2) is 48.5 Å². The lowest BCUT2D eigenvalue weighted by atomic mass is 9.99. The molecule has 2 aromatic carbocycles. The van der Waals surface area contributed by atoms with Crippen molar-refractivity contribution in [2.45, 2.75) is 49.6 Å². The van der Waals surface area contributed by atoms with Crippen molar-refractivity contribution in [2.24, 2.45) is 0 Å². The molecule has 3 atom stereocenters. The Morgan fingerprint density at radius 3 is 2.25 bits per heavy atom. The zero-order valence-corrected chi connectivity index (χ0v) is 17.6. The summed E-state index contributed by atoms with van der Waals surface area (Å²) in [5.74, 6) is 0.294. The number of halogens is 1. The highest BCUT2D eigenvalue weighted by Crippen LogP contribution is 2.41. The molecular weight excluding hydrogens is 394 g/mol. The summed E-state index contributed by atoms with van der Waals surface area (Å²) in [6.07, 6.45) is 7.62. The molecular formula is C22H26ClNO3S. The summed E-state index contributed by atoms with van der Waals surface area (Å²) in [5.41, 5.74) is 3.33. The maximum Gasteiger partial charge on any atom is 0.306 e. The lowest BCUT2D eigenvalue weighted by Crippen LogP contribution is -2.35. The van der Waals surface area contributed by atoms with E-state index in [0.29, 0.717) is 11.8 Å². The van der Waals surface area contributed by atoms with Crippen LogP contribution in [-0.4, -0.2) is 32.2 Å². The molecule has 3 unspecified atom stereocenters. The number of benzene rings is 2. The van der Waals surface area contributed by atoms with E-state index >= 15 is 0 Å². The number of piperidine rings is 1. The Hall–Kier alpha value is -1.56. The average Bonchev–Trinajstić information content (AvgIpc) is 3.11. The number of hydrogen-bond donors (Lipinski definition) is 0. The molecule has 0 aromatic heterocycles. The van der Waals surface area contributed by atoms with Gasteiger partial charge in [0.05, 0.1) is 11.6 Å². The topological polar surface area (TPSA) is 46.6 Å². The van der Waals surface area contributed by atoms with Gasteiger partial charge in [-0.2, -0.15) is 8.42 Å². The zero-order valence-electron chi connectivity index (χ0n) is 16.1. The number of alkyl halides is 1. The van der Waals surface area contributed by atoms with Gasteiger partial charge in [-0.1, -0.05) is 42.8 Å². The van der Waals surface area contributed by atoms with Crippen LogP contribution in [-0.2, 0) is 10.1 Å². The third-order valence-electron chi connectivity index (χ3n) is 5.88. The first kappa shape index (κ1) is 19.7. The van der Waals surface area contributed by atoms with Crippen molar-refractivity contribution >= 4 is 21.7 Å². The molecule has 0 amide bonds. The Bertz CT molecular complexity index is 912. The van der Waals surface area contributed by atoms with Crippen LogP contribution in [0.25, 0.3) is 0 Å². The minimum atomic E-state index is -3.52. The van der Waals surface area contributed by atoms with Gasteiger partial charge in [0.1, 0.15) is 5.75 Å². The number of rotatable bonds is 5. The van der Waals surface area contributed by atoms with Crippen molar-refractivity contribution in [2.75, 3.05) is 12.8 Å². The molecule has 2 aromatic rings. The van der Waals surface area contributed by atoms with Crippen LogP contribution >= 0.6 is 11.6 Å². The summed E-state index contributed by atoms with van der Waals surface area (Å²) < 4.78 is 27.3. The Morgan fingerprint density at radius 2 is 1.61 bits per heavy atom. The van der Waals surface area contributed by atoms with E-state index in [2.05, 4.69) is 29.2 Å². The van der Waals surface area contributed by atoms with E-state index in [-0.39, 0.29) is 5.38 Å². The van der Waals surface area contributed by atoms with Gasteiger partial charge in [0.25, 0.3) is 0 Å². The largest absolute Gasteiger partial charge is 0.383 e. The van der Waals surface area contributed by atoms with E-state index < -0.39 is 10.1 Å². The van der Waals surface area contributed by atoms with Crippen molar-refractivity contribution < 1.29 is 12.6 Å². The first-order valence-corrected chi connectivity index (χ1v) is 12.1. The fraction of sp³-hybridized carbons (Fsp3) is 0.455. The molecule has 0 bridgehead atoms. The van der Waals surface area contributed by atoms with Crippen molar-refractivity contribution in [3.05, 3.63) is 65.2 Å². The van der Waals surface area contributed by atoms with E-state index in [4.69, 9.17) is 15.8 Å². The van der Waals surface area contributed by atoms with Crippen molar-refractivity contribution in [1.29, 1.82) is 0 Å². The zero-order chi connectivity index (χ0) is 19.7. The molecule has 2 saturated heterocycles. The van der Waals surface area contributed by atoms with Crippen LogP contribution in [0.4, 0.5) is 0 Å². The third-order valence-corrected chi connectivity index (χ3v) is 6.88. The predicted octanol–water partition coefficient (Wildman–Crippen LogP) is 5.04. The molecule has 0 saturated carbocycles. The second kappa shape index (κ2) is 8.05. The van der Waals surface area contributed by atoms with Crippen molar-refractivity contribution in [3.63, 3.8) is 0 Å². The van der Waals surface area contributed by atoms with E-state index in [1.54, 1.807) is 24.3 Å². The van der Waals surface area contributed by atoms with Gasteiger partial charge in [-0.25, -0.2) is 0 Å². The number of hydrogen-bond acceptors (Lipinski definition) is 4. The van der Waals surface area contributed by atoms with E-state index in [1.807, 2.05) is 0 Å². The molecule has 4 rings (SSSR count). The second-order valence-corrected chi connectivity index (χ2v) is 9.88. The molecule has 6 heteroatoms. The molecule has 2 aliphatic rings. The van der Waals surface area contributed by atoms with Crippen molar-refractivity contribution in [1.82, 2.24) is 4.90 Å². The quantitative estimate of drug-likeness (QED) is 0.503. The maximum atomic E-state index is 11.2. The van der Waals surface area contributed by atoms with Gasteiger partial charge >= 0.3 is 10.1 Å². The molecule has 0 aliphatic carbocycles. The second-order valence-electron chi connectivity index (χ2n) is 7.87. The molecule has 2 heterocycles. The normalized spacial score (nSPS) is 23.9. The third kappa shape index (κ3) is 4.37. The molecule has 0 N–H and O–H groups in total. The monoisotopic (exact) mass is 419 g/mol. The Morgan fingerprint density at radius 1 is 0.964 bits per heavy atom. The fourth-order valence-corrected chi connectivity index (χ4v) is 5.32. The van der Waals surface area contributed by atoms with Crippen LogP contribution in [0.2, 0.25) is 0 Å². The lowest BCUT2D eigenvalue weighted by molar-refractivity contribution is 0.150. The molecule has 28 heavy (non-hydrogen) atoms. The first-order valence-electron chi connectivity index (χ1n) is 9.90. The predicted molar refractivity (Wildman–Crippen MR) is 112 cm³/mol. The highest BCUT2D eigenvalue weighted by Gasteiger charge is 2.35. The van der Waals surface area contributed by atoms with Gasteiger partial charge in [0.2, 0.25) is 0 Å².